The van der Waals surface area contributed by atoms with Crippen LogP contribution in [-0.2, 0) is 6.18 Å². The Morgan fingerprint density at radius 3 is 2.53 bits per heavy atom. The van der Waals surface area contributed by atoms with Crippen molar-refractivity contribution in [3.8, 4) is 0 Å². The number of alkyl halides is 3. The molecule has 1 aromatic rings. The fourth-order valence-corrected chi connectivity index (χ4v) is 3.56. The number of anilines is 1. The molecule has 1 heterocycles. The van der Waals surface area contributed by atoms with Gasteiger partial charge in [-0.05, 0) is 53.1 Å². The molecule has 2 fully saturated rings. The number of nitrogens with zero attached hydrogens (tertiary/aromatic N) is 1. The molecule has 6 heteroatoms. The van der Waals surface area contributed by atoms with E-state index in [-0.39, 0.29) is 10.5 Å². The predicted molar refractivity (Wildman–Crippen MR) is 69.9 cm³/mol. The van der Waals surface area contributed by atoms with Gasteiger partial charge in [0.2, 0.25) is 0 Å². The molecule has 19 heavy (non-hydrogen) atoms. The zero-order valence-corrected chi connectivity index (χ0v) is 11.8. The van der Waals surface area contributed by atoms with Crippen molar-refractivity contribution in [2.75, 3.05) is 5.32 Å². The molecule has 0 saturated heterocycles. The largest absolute Gasteiger partial charge is 0.417 e. The lowest BCUT2D eigenvalue weighted by atomic mass is 9.54. The molecule has 2 aliphatic carbocycles. The average molecular weight is 335 g/mol. The highest BCUT2D eigenvalue weighted by molar-refractivity contribution is 9.10. The standard InChI is InChI=1S/C13H14BrF3N2/c14-10-7-18-11(4-9(10)13(15,16)17)19-8-5-12(6-8)2-1-3-12/h4,7-8H,1-3,5-6H2,(H,18,19). The summed E-state index contributed by atoms with van der Waals surface area (Å²) >= 11 is 2.89. The third kappa shape index (κ3) is 2.47. The molecule has 1 aromatic heterocycles. The van der Waals surface area contributed by atoms with E-state index in [1.807, 2.05) is 0 Å². The lowest BCUT2D eigenvalue weighted by molar-refractivity contribution is -0.138. The fraction of sp³-hybridized carbons (Fsp3) is 0.615. The van der Waals surface area contributed by atoms with E-state index in [4.69, 9.17) is 0 Å². The molecular weight excluding hydrogens is 321 g/mol. The van der Waals surface area contributed by atoms with E-state index in [9.17, 15) is 13.2 Å². The third-order valence-corrected chi connectivity index (χ3v) is 4.92. The maximum Gasteiger partial charge on any atom is 0.417 e. The Labute approximate surface area is 117 Å². The number of aromatic nitrogens is 1. The van der Waals surface area contributed by atoms with Crippen molar-refractivity contribution < 1.29 is 13.2 Å². The van der Waals surface area contributed by atoms with Gasteiger partial charge < -0.3 is 5.32 Å². The van der Waals surface area contributed by atoms with E-state index in [1.165, 1.54) is 25.5 Å². The lowest BCUT2D eigenvalue weighted by Gasteiger charge is -2.54. The summed E-state index contributed by atoms with van der Waals surface area (Å²) in [5, 5.41) is 3.11. The van der Waals surface area contributed by atoms with E-state index in [0.29, 0.717) is 11.2 Å². The van der Waals surface area contributed by atoms with Crippen LogP contribution in [0.3, 0.4) is 0 Å². The lowest BCUT2D eigenvalue weighted by Crippen LogP contribution is -2.49. The number of rotatable bonds is 2. The molecule has 0 radical (unpaired) electrons. The van der Waals surface area contributed by atoms with Gasteiger partial charge in [-0.15, -0.1) is 0 Å². The Kier molecular flexibility index (Phi) is 3.04. The number of hydrogen-bond donors (Lipinski definition) is 1. The summed E-state index contributed by atoms with van der Waals surface area (Å²) in [6.07, 6.45) is 2.81. The van der Waals surface area contributed by atoms with Gasteiger partial charge in [0, 0.05) is 16.7 Å². The smallest absolute Gasteiger partial charge is 0.367 e. The van der Waals surface area contributed by atoms with Crippen LogP contribution in [0.5, 0.6) is 0 Å². The van der Waals surface area contributed by atoms with Gasteiger partial charge in [0.25, 0.3) is 0 Å². The van der Waals surface area contributed by atoms with Gasteiger partial charge in [-0.2, -0.15) is 13.2 Å². The fourth-order valence-electron chi connectivity index (χ4n) is 3.12. The molecule has 1 spiro atoms. The average Bonchev–Trinajstić information content (AvgIpc) is 2.20. The van der Waals surface area contributed by atoms with Crippen LogP contribution in [0.15, 0.2) is 16.7 Å². The van der Waals surface area contributed by atoms with Crippen LogP contribution in [0, 0.1) is 5.41 Å². The quantitative estimate of drug-likeness (QED) is 0.854. The molecule has 3 rings (SSSR count). The highest BCUT2D eigenvalue weighted by Gasteiger charge is 2.48. The summed E-state index contributed by atoms with van der Waals surface area (Å²) in [7, 11) is 0. The normalized spacial score (nSPS) is 21.9. The summed E-state index contributed by atoms with van der Waals surface area (Å²) in [5.41, 5.74) is -0.178. The second kappa shape index (κ2) is 4.36. The van der Waals surface area contributed by atoms with Gasteiger partial charge in [0.1, 0.15) is 5.82 Å². The summed E-state index contributed by atoms with van der Waals surface area (Å²) < 4.78 is 38.3. The molecule has 0 bridgehead atoms. The molecule has 0 aliphatic heterocycles. The molecular formula is C13H14BrF3N2. The van der Waals surface area contributed by atoms with Crippen LogP contribution in [0.1, 0.15) is 37.7 Å². The zero-order valence-electron chi connectivity index (χ0n) is 10.2. The molecule has 0 amide bonds. The maximum atomic E-state index is 12.8. The van der Waals surface area contributed by atoms with Crippen LogP contribution in [0.25, 0.3) is 0 Å². The highest BCUT2D eigenvalue weighted by Crippen LogP contribution is 2.56. The first-order valence-corrected chi connectivity index (χ1v) is 7.17. The molecule has 0 aromatic carbocycles. The van der Waals surface area contributed by atoms with Crippen LogP contribution in [0.4, 0.5) is 19.0 Å². The Balaban J connectivity index is 1.68. The first-order valence-electron chi connectivity index (χ1n) is 6.37. The first kappa shape index (κ1) is 13.2. The highest BCUT2D eigenvalue weighted by atomic mass is 79.9. The van der Waals surface area contributed by atoms with Crippen molar-refractivity contribution in [2.24, 2.45) is 5.41 Å². The molecule has 2 saturated carbocycles. The third-order valence-electron chi connectivity index (χ3n) is 4.29. The molecule has 0 atom stereocenters. The Morgan fingerprint density at radius 2 is 2.00 bits per heavy atom. The van der Waals surface area contributed by atoms with Crippen molar-refractivity contribution in [2.45, 2.75) is 44.3 Å². The number of halogens is 4. The summed E-state index contributed by atoms with van der Waals surface area (Å²) in [6.45, 7) is 0. The van der Waals surface area contributed by atoms with Crippen molar-refractivity contribution in [3.05, 3.63) is 22.3 Å². The second-order valence-corrected chi connectivity index (χ2v) is 6.50. The van der Waals surface area contributed by atoms with E-state index >= 15 is 0 Å². The van der Waals surface area contributed by atoms with E-state index in [1.54, 1.807) is 0 Å². The molecule has 1 N–H and O–H groups in total. The van der Waals surface area contributed by atoms with E-state index < -0.39 is 11.7 Å². The maximum absolute atomic E-state index is 12.8. The summed E-state index contributed by atoms with van der Waals surface area (Å²) in [6, 6.07) is 1.35. The molecule has 2 nitrogen and oxygen atoms in total. The second-order valence-electron chi connectivity index (χ2n) is 5.65. The molecule has 104 valence electrons. The Morgan fingerprint density at radius 1 is 1.32 bits per heavy atom. The number of nitrogens with one attached hydrogen (secondary N) is 1. The Hall–Kier alpha value is -0.780. The molecule has 2 aliphatic rings. The SMILES string of the molecule is FC(F)(F)c1cc(NC2CC3(CCC3)C2)ncc1Br. The minimum absolute atomic E-state index is 0.0189. The van der Waals surface area contributed by atoms with Crippen LogP contribution >= 0.6 is 15.9 Å². The molecule has 0 unspecified atom stereocenters. The van der Waals surface area contributed by atoms with Crippen LogP contribution < -0.4 is 5.32 Å². The minimum Gasteiger partial charge on any atom is -0.367 e. The van der Waals surface area contributed by atoms with Crippen molar-refractivity contribution in [1.29, 1.82) is 0 Å². The van der Waals surface area contributed by atoms with Gasteiger partial charge in [0.05, 0.1) is 5.56 Å². The van der Waals surface area contributed by atoms with Gasteiger partial charge in [0.15, 0.2) is 0 Å². The van der Waals surface area contributed by atoms with Gasteiger partial charge in [-0.1, -0.05) is 6.42 Å². The number of pyridine rings is 1. The van der Waals surface area contributed by atoms with Crippen LogP contribution in [0.2, 0.25) is 0 Å². The Bertz CT molecular complexity index is 489. The van der Waals surface area contributed by atoms with Crippen molar-refractivity contribution in [3.63, 3.8) is 0 Å². The first-order chi connectivity index (χ1) is 8.88. The monoisotopic (exact) mass is 334 g/mol. The summed E-state index contributed by atoms with van der Waals surface area (Å²) in [4.78, 5) is 4.01. The van der Waals surface area contributed by atoms with Gasteiger partial charge >= 0.3 is 6.18 Å². The zero-order chi connectivity index (χ0) is 13.7. The predicted octanol–water partition coefficient (Wildman–Crippen LogP) is 4.61. The van der Waals surface area contributed by atoms with Gasteiger partial charge in [-0.25, -0.2) is 4.98 Å². The topological polar surface area (TPSA) is 24.9 Å². The van der Waals surface area contributed by atoms with E-state index in [2.05, 4.69) is 26.2 Å². The van der Waals surface area contributed by atoms with Crippen LogP contribution in [-0.4, -0.2) is 11.0 Å². The van der Waals surface area contributed by atoms with Crippen molar-refractivity contribution >= 4 is 21.7 Å². The van der Waals surface area contributed by atoms with Gasteiger partial charge in [-0.3, -0.25) is 0 Å². The van der Waals surface area contributed by atoms with Crippen molar-refractivity contribution in [1.82, 2.24) is 4.98 Å². The minimum atomic E-state index is -4.35. The number of hydrogen-bond acceptors (Lipinski definition) is 2. The summed E-state index contributed by atoms with van der Waals surface area (Å²) in [5.74, 6) is 0.315. The van der Waals surface area contributed by atoms with E-state index in [0.717, 1.165) is 18.9 Å².